The molecule has 0 spiro atoms. The summed E-state index contributed by atoms with van der Waals surface area (Å²) in [6.45, 7) is 0. The Morgan fingerprint density at radius 1 is 1.11 bits per heavy atom. The molecule has 2 aliphatic rings. The maximum absolute atomic E-state index is 12.2. The second-order valence-electron chi connectivity index (χ2n) is 4.08. The maximum Gasteiger partial charge on any atom is 0.198 e. The van der Waals surface area contributed by atoms with Crippen LogP contribution in [0.25, 0.3) is 6.08 Å². The molecule has 0 aliphatic heterocycles. The van der Waals surface area contributed by atoms with Crippen LogP contribution < -0.4 is 0 Å². The summed E-state index contributed by atoms with van der Waals surface area (Å²) in [5.74, 6) is -0.817. The molecule has 0 bridgehead atoms. The van der Waals surface area contributed by atoms with Gasteiger partial charge in [-0.15, -0.1) is 0 Å². The van der Waals surface area contributed by atoms with E-state index in [4.69, 9.17) is 11.6 Å². The molecule has 88 valence electrons. The molecule has 0 amide bonds. The quantitative estimate of drug-likeness (QED) is 0.778. The zero-order chi connectivity index (χ0) is 12.9. The Hall–Kier alpha value is -2.13. The van der Waals surface area contributed by atoms with Gasteiger partial charge in [0.05, 0.1) is 5.57 Å². The van der Waals surface area contributed by atoms with Crippen molar-refractivity contribution in [3.63, 3.8) is 0 Å². The van der Waals surface area contributed by atoms with Crippen LogP contribution in [0, 0.1) is 0 Å². The van der Waals surface area contributed by atoms with Crippen molar-refractivity contribution in [2.75, 3.05) is 0 Å². The molecule has 0 fully saturated rings. The number of benzene rings is 1. The van der Waals surface area contributed by atoms with Crippen molar-refractivity contribution in [3.8, 4) is 0 Å². The van der Waals surface area contributed by atoms with Gasteiger partial charge in [-0.25, -0.2) is 0 Å². The second-order valence-corrected chi connectivity index (χ2v) is 4.51. The minimum absolute atomic E-state index is 0.0670. The summed E-state index contributed by atoms with van der Waals surface area (Å²) in [6.07, 6.45) is 4.07. The molecule has 2 aliphatic carbocycles. The Kier molecular flexibility index (Phi) is 2.25. The van der Waals surface area contributed by atoms with Gasteiger partial charge in [0.1, 0.15) is 5.76 Å². The highest BCUT2D eigenvalue weighted by Crippen LogP contribution is 2.33. The lowest BCUT2D eigenvalue weighted by molar-refractivity contribution is -0.111. The number of Topliss-reactive ketones (excluding diaryl/α,β-unsaturated/α-hetero) is 1. The van der Waals surface area contributed by atoms with Crippen LogP contribution in [-0.2, 0) is 4.79 Å². The first kappa shape index (κ1) is 11.0. The minimum atomic E-state index is -0.352. The summed E-state index contributed by atoms with van der Waals surface area (Å²) >= 11 is 5.86. The molecule has 3 nitrogen and oxygen atoms in total. The van der Waals surface area contributed by atoms with Crippen LogP contribution >= 0.6 is 11.6 Å². The van der Waals surface area contributed by atoms with Crippen molar-refractivity contribution in [2.45, 2.75) is 0 Å². The monoisotopic (exact) mass is 258 g/mol. The number of aliphatic hydroxyl groups excluding tert-OH is 1. The molecule has 0 saturated heterocycles. The van der Waals surface area contributed by atoms with Crippen LogP contribution in [0.15, 0.2) is 47.3 Å². The average molecular weight is 259 g/mol. The van der Waals surface area contributed by atoms with E-state index in [1.165, 1.54) is 12.2 Å². The van der Waals surface area contributed by atoms with Crippen molar-refractivity contribution < 1.29 is 14.7 Å². The third kappa shape index (κ3) is 1.45. The Balaban J connectivity index is 2.32. The summed E-state index contributed by atoms with van der Waals surface area (Å²) in [4.78, 5) is 24.0. The zero-order valence-electron chi connectivity index (χ0n) is 9.11. The molecule has 18 heavy (non-hydrogen) atoms. The minimum Gasteiger partial charge on any atom is -0.507 e. The number of halogens is 1. The Morgan fingerprint density at radius 3 is 2.67 bits per heavy atom. The predicted octanol–water partition coefficient (Wildman–Crippen LogP) is 2.87. The molecule has 1 aromatic carbocycles. The molecule has 1 N–H and O–H groups in total. The van der Waals surface area contributed by atoms with E-state index in [0.717, 1.165) is 0 Å². The summed E-state index contributed by atoms with van der Waals surface area (Å²) in [6, 6.07) is 4.83. The number of allylic oxidation sites excluding steroid dienone is 4. The van der Waals surface area contributed by atoms with Crippen molar-refractivity contribution in [3.05, 3.63) is 63.4 Å². The van der Waals surface area contributed by atoms with E-state index in [2.05, 4.69) is 0 Å². The third-order valence-electron chi connectivity index (χ3n) is 2.97. The number of hydrogen-bond acceptors (Lipinski definition) is 3. The Morgan fingerprint density at radius 2 is 1.89 bits per heavy atom. The van der Waals surface area contributed by atoms with Crippen molar-refractivity contribution in [2.24, 2.45) is 0 Å². The van der Waals surface area contributed by atoms with E-state index in [-0.39, 0.29) is 28.5 Å². The molecule has 0 unspecified atom stereocenters. The van der Waals surface area contributed by atoms with E-state index in [9.17, 15) is 14.7 Å². The number of carbonyl (C=O) groups is 2. The van der Waals surface area contributed by atoms with Crippen LogP contribution in [-0.4, -0.2) is 16.7 Å². The van der Waals surface area contributed by atoms with Gasteiger partial charge in [0.25, 0.3) is 0 Å². The molecule has 0 saturated carbocycles. The fraction of sp³-hybridized carbons (Fsp3) is 0. The molecule has 0 aromatic heterocycles. The fourth-order valence-corrected chi connectivity index (χ4v) is 2.30. The van der Waals surface area contributed by atoms with Gasteiger partial charge in [-0.05, 0) is 42.0 Å². The summed E-state index contributed by atoms with van der Waals surface area (Å²) < 4.78 is 0. The first-order valence-electron chi connectivity index (χ1n) is 5.30. The summed E-state index contributed by atoms with van der Waals surface area (Å²) in [5, 5.41) is 10.2. The molecule has 0 heterocycles. The first-order chi connectivity index (χ1) is 8.58. The van der Waals surface area contributed by atoms with Gasteiger partial charge in [0.15, 0.2) is 11.6 Å². The fourth-order valence-electron chi connectivity index (χ4n) is 2.12. The largest absolute Gasteiger partial charge is 0.507 e. The summed E-state index contributed by atoms with van der Waals surface area (Å²) in [7, 11) is 0. The Bertz CT molecular complexity index is 693. The smallest absolute Gasteiger partial charge is 0.198 e. The van der Waals surface area contributed by atoms with Gasteiger partial charge >= 0.3 is 0 Å². The van der Waals surface area contributed by atoms with E-state index in [0.29, 0.717) is 16.1 Å². The lowest BCUT2D eigenvalue weighted by atomic mass is 9.82. The highest BCUT2D eigenvalue weighted by molar-refractivity contribution is 6.32. The predicted molar refractivity (Wildman–Crippen MR) is 67.6 cm³/mol. The van der Waals surface area contributed by atoms with Gasteiger partial charge in [0, 0.05) is 16.2 Å². The second kappa shape index (κ2) is 3.68. The van der Waals surface area contributed by atoms with Gasteiger partial charge in [-0.2, -0.15) is 0 Å². The molecular weight excluding hydrogens is 252 g/mol. The van der Waals surface area contributed by atoms with Gasteiger partial charge in [-0.1, -0.05) is 11.6 Å². The topological polar surface area (TPSA) is 54.4 Å². The molecule has 0 atom stereocenters. The van der Waals surface area contributed by atoms with Crippen molar-refractivity contribution in [1.82, 2.24) is 0 Å². The molecule has 1 aromatic rings. The summed E-state index contributed by atoms with van der Waals surface area (Å²) in [5.41, 5.74) is 1.32. The van der Waals surface area contributed by atoms with E-state index in [1.54, 1.807) is 24.3 Å². The molecular formula is C14H7ClO3. The number of aliphatic hydroxyl groups is 1. The Labute approximate surface area is 108 Å². The van der Waals surface area contributed by atoms with E-state index < -0.39 is 0 Å². The van der Waals surface area contributed by atoms with Crippen molar-refractivity contribution >= 4 is 29.2 Å². The van der Waals surface area contributed by atoms with Crippen molar-refractivity contribution in [1.29, 1.82) is 0 Å². The van der Waals surface area contributed by atoms with Gasteiger partial charge in [-0.3, -0.25) is 9.59 Å². The first-order valence-corrected chi connectivity index (χ1v) is 5.67. The van der Waals surface area contributed by atoms with Crippen LogP contribution in [0.1, 0.15) is 15.9 Å². The third-order valence-corrected chi connectivity index (χ3v) is 3.20. The molecule has 3 rings (SSSR count). The molecule has 0 radical (unpaired) electrons. The standard InChI is InChI=1S/C14H7ClO3/c15-8-1-2-9-7(5-8)6-10-11(16)3-4-12(17)13(10)14(9)18/h1-6,17H. The lowest BCUT2D eigenvalue weighted by Gasteiger charge is -2.20. The van der Waals surface area contributed by atoms with Gasteiger partial charge in [0.2, 0.25) is 0 Å². The maximum atomic E-state index is 12.2. The number of rotatable bonds is 0. The zero-order valence-corrected chi connectivity index (χ0v) is 9.86. The van der Waals surface area contributed by atoms with Crippen LogP contribution in [0.4, 0.5) is 0 Å². The van der Waals surface area contributed by atoms with Crippen LogP contribution in [0.3, 0.4) is 0 Å². The van der Waals surface area contributed by atoms with Crippen LogP contribution in [0.2, 0.25) is 5.02 Å². The van der Waals surface area contributed by atoms with Crippen LogP contribution in [0.5, 0.6) is 0 Å². The highest BCUT2D eigenvalue weighted by Gasteiger charge is 2.31. The highest BCUT2D eigenvalue weighted by atomic mass is 35.5. The number of ketones is 2. The number of fused-ring (bicyclic) bond motifs is 2. The number of carbonyl (C=O) groups excluding carboxylic acids is 2. The lowest BCUT2D eigenvalue weighted by Crippen LogP contribution is -2.20. The number of hydrogen-bond donors (Lipinski definition) is 1. The van der Waals surface area contributed by atoms with E-state index in [1.807, 2.05) is 0 Å². The average Bonchev–Trinajstić information content (AvgIpc) is 2.33. The van der Waals surface area contributed by atoms with Gasteiger partial charge < -0.3 is 5.11 Å². The molecule has 4 heteroatoms. The normalized spacial score (nSPS) is 17.5. The van der Waals surface area contributed by atoms with E-state index >= 15 is 0 Å². The SMILES string of the molecule is O=C1C=CC(O)=C2C(=O)c3ccc(Cl)cc3C=C12.